The lowest BCUT2D eigenvalue weighted by Gasteiger charge is -2.08. The molecule has 132 valence electrons. The maximum absolute atomic E-state index is 2.36. The number of aryl methyl sites for hydroxylation is 4. The van der Waals surface area contributed by atoms with E-state index in [0.717, 1.165) is 6.54 Å². The number of nitrogens with zero attached hydrogens (tertiary/aromatic N) is 2. The molecule has 0 unspecified atom stereocenters. The van der Waals surface area contributed by atoms with E-state index < -0.39 is 0 Å². The maximum atomic E-state index is 2.36. The van der Waals surface area contributed by atoms with E-state index in [9.17, 15) is 0 Å². The second-order valence-corrected chi connectivity index (χ2v) is 6.96. The fourth-order valence-corrected chi connectivity index (χ4v) is 3.60. The minimum Gasteiger partial charge on any atom is -1.00 e. The normalized spacial score (nSPS) is 10.6. The Labute approximate surface area is 157 Å². The molecule has 1 heterocycles. The molecule has 0 aliphatic rings. The highest BCUT2D eigenvalue weighted by molar-refractivity contribution is 5.50. The predicted octanol–water partition coefficient (Wildman–Crippen LogP) is 1.67. The molecule has 0 fully saturated rings. The Hall–Kier alpha value is -2.06. The van der Waals surface area contributed by atoms with Crippen molar-refractivity contribution in [2.24, 2.45) is 0 Å². The second-order valence-electron chi connectivity index (χ2n) is 6.96. The Morgan fingerprint density at radius 3 is 2.04 bits per heavy atom. The lowest BCUT2D eigenvalue weighted by atomic mass is 10.0. The minimum absolute atomic E-state index is 0. The molecular formula is C22H27ClN2. The summed E-state index contributed by atoms with van der Waals surface area (Å²) in [6, 6.07) is 13.2. The monoisotopic (exact) mass is 354 g/mol. The zero-order valence-electron chi connectivity index (χ0n) is 16.0. The number of hydrogen-bond acceptors (Lipinski definition) is 0. The summed E-state index contributed by atoms with van der Waals surface area (Å²) in [6.45, 7) is 14.1. The van der Waals surface area contributed by atoms with Crippen molar-refractivity contribution in [3.05, 3.63) is 81.9 Å². The van der Waals surface area contributed by atoms with Crippen molar-refractivity contribution in [1.82, 2.24) is 4.57 Å². The van der Waals surface area contributed by atoms with Gasteiger partial charge in [-0.2, -0.15) is 4.57 Å². The number of rotatable bonds is 3. The topological polar surface area (TPSA) is 8.81 Å². The maximum Gasteiger partial charge on any atom is 0.249 e. The first-order valence-electron chi connectivity index (χ1n) is 8.59. The van der Waals surface area contributed by atoms with Crippen LogP contribution in [0.2, 0.25) is 0 Å². The first-order chi connectivity index (χ1) is 11.4. The first kappa shape index (κ1) is 19.3. The van der Waals surface area contributed by atoms with Gasteiger partial charge in [0.05, 0.1) is 0 Å². The van der Waals surface area contributed by atoms with Gasteiger partial charge >= 0.3 is 0 Å². The van der Waals surface area contributed by atoms with Gasteiger partial charge in [0, 0.05) is 13.8 Å². The molecule has 0 saturated carbocycles. The SMILES string of the molecule is Cc1cc(C)c(-n2c[n+](Cc3ccccc3C)c(C)c2C)c(C)c1.[Cl-]. The average molecular weight is 355 g/mol. The summed E-state index contributed by atoms with van der Waals surface area (Å²) < 4.78 is 4.70. The summed E-state index contributed by atoms with van der Waals surface area (Å²) in [6.07, 6.45) is 2.25. The van der Waals surface area contributed by atoms with Crippen molar-refractivity contribution in [3.63, 3.8) is 0 Å². The van der Waals surface area contributed by atoms with Crippen LogP contribution < -0.4 is 17.0 Å². The van der Waals surface area contributed by atoms with E-state index in [0.29, 0.717) is 0 Å². The predicted molar refractivity (Wildman–Crippen MR) is 99.9 cm³/mol. The lowest BCUT2D eigenvalue weighted by molar-refractivity contribution is -0.693. The molecule has 25 heavy (non-hydrogen) atoms. The van der Waals surface area contributed by atoms with Crippen molar-refractivity contribution < 1.29 is 17.0 Å². The van der Waals surface area contributed by atoms with E-state index in [1.807, 2.05) is 0 Å². The summed E-state index contributed by atoms with van der Waals surface area (Å²) in [5.74, 6) is 0. The third kappa shape index (κ3) is 3.64. The highest BCUT2D eigenvalue weighted by Crippen LogP contribution is 2.23. The van der Waals surface area contributed by atoms with Crippen LogP contribution in [0.1, 0.15) is 39.2 Å². The van der Waals surface area contributed by atoms with Crippen LogP contribution in [0.4, 0.5) is 0 Å². The van der Waals surface area contributed by atoms with Gasteiger partial charge in [0.2, 0.25) is 6.33 Å². The van der Waals surface area contributed by atoms with Crippen LogP contribution in [0, 0.1) is 41.5 Å². The Morgan fingerprint density at radius 1 is 0.840 bits per heavy atom. The van der Waals surface area contributed by atoms with Gasteiger partial charge in [-0.25, -0.2) is 4.57 Å². The highest BCUT2D eigenvalue weighted by atomic mass is 35.5. The molecule has 3 aromatic rings. The number of imidazole rings is 1. The van der Waals surface area contributed by atoms with Gasteiger partial charge in [-0.15, -0.1) is 0 Å². The van der Waals surface area contributed by atoms with E-state index in [4.69, 9.17) is 0 Å². The van der Waals surface area contributed by atoms with Gasteiger partial charge in [0.1, 0.15) is 23.6 Å². The molecule has 0 aliphatic carbocycles. The number of halogens is 1. The van der Waals surface area contributed by atoms with Gasteiger partial charge in [0.25, 0.3) is 0 Å². The molecule has 0 aliphatic heterocycles. The highest BCUT2D eigenvalue weighted by Gasteiger charge is 2.21. The number of benzene rings is 2. The van der Waals surface area contributed by atoms with E-state index in [1.165, 1.54) is 44.9 Å². The van der Waals surface area contributed by atoms with Crippen molar-refractivity contribution in [2.75, 3.05) is 0 Å². The molecule has 2 nitrogen and oxygen atoms in total. The van der Waals surface area contributed by atoms with Crippen LogP contribution in [-0.4, -0.2) is 4.57 Å². The van der Waals surface area contributed by atoms with Crippen molar-refractivity contribution in [3.8, 4) is 5.69 Å². The number of hydrogen-bond donors (Lipinski definition) is 0. The van der Waals surface area contributed by atoms with E-state index >= 15 is 0 Å². The molecule has 0 radical (unpaired) electrons. The molecule has 3 heteroatoms. The number of aromatic nitrogens is 2. The Morgan fingerprint density at radius 2 is 1.44 bits per heavy atom. The molecule has 0 bridgehead atoms. The van der Waals surface area contributed by atoms with Gasteiger partial charge in [-0.3, -0.25) is 0 Å². The van der Waals surface area contributed by atoms with Crippen LogP contribution in [-0.2, 0) is 6.54 Å². The van der Waals surface area contributed by atoms with Crippen LogP contribution >= 0.6 is 0 Å². The van der Waals surface area contributed by atoms with E-state index in [1.54, 1.807) is 0 Å². The molecule has 0 N–H and O–H groups in total. The van der Waals surface area contributed by atoms with Gasteiger partial charge in [-0.1, -0.05) is 42.0 Å². The summed E-state index contributed by atoms with van der Waals surface area (Å²) in [5, 5.41) is 0. The third-order valence-electron chi connectivity index (χ3n) is 5.05. The van der Waals surface area contributed by atoms with Crippen LogP contribution in [0.15, 0.2) is 42.7 Å². The van der Waals surface area contributed by atoms with Crippen LogP contribution in [0.5, 0.6) is 0 Å². The smallest absolute Gasteiger partial charge is 0.249 e. The summed E-state index contributed by atoms with van der Waals surface area (Å²) in [5.41, 5.74) is 10.6. The molecular weight excluding hydrogens is 328 g/mol. The van der Waals surface area contributed by atoms with Crippen molar-refractivity contribution in [1.29, 1.82) is 0 Å². The molecule has 3 rings (SSSR count). The minimum atomic E-state index is 0. The van der Waals surface area contributed by atoms with Gasteiger partial charge < -0.3 is 12.4 Å². The van der Waals surface area contributed by atoms with E-state index in [-0.39, 0.29) is 12.4 Å². The van der Waals surface area contributed by atoms with E-state index in [2.05, 4.69) is 93.4 Å². The summed E-state index contributed by atoms with van der Waals surface area (Å²) in [4.78, 5) is 0. The average Bonchev–Trinajstić information content (AvgIpc) is 2.77. The quantitative estimate of drug-likeness (QED) is 0.633. The molecule has 1 aromatic heterocycles. The summed E-state index contributed by atoms with van der Waals surface area (Å²) in [7, 11) is 0. The van der Waals surface area contributed by atoms with Crippen LogP contribution in [0.25, 0.3) is 5.69 Å². The van der Waals surface area contributed by atoms with Crippen molar-refractivity contribution >= 4 is 0 Å². The second kappa shape index (κ2) is 7.45. The first-order valence-corrected chi connectivity index (χ1v) is 8.59. The largest absolute Gasteiger partial charge is 1.00 e. The standard InChI is InChI=1S/C22H27N2.ClH/c1-15-11-17(3)22(18(4)12-15)24-14-23(19(5)20(24)6)13-21-10-8-7-9-16(21)2;/h7-12,14H,13H2,1-6H3;1H/q+1;/p-1. The molecule has 0 amide bonds. The third-order valence-corrected chi connectivity index (χ3v) is 5.05. The molecule has 0 saturated heterocycles. The lowest BCUT2D eigenvalue weighted by Crippen LogP contribution is -3.00. The van der Waals surface area contributed by atoms with Gasteiger partial charge in [0.15, 0.2) is 0 Å². The van der Waals surface area contributed by atoms with Crippen molar-refractivity contribution in [2.45, 2.75) is 48.1 Å². The summed E-state index contributed by atoms with van der Waals surface area (Å²) >= 11 is 0. The zero-order valence-corrected chi connectivity index (χ0v) is 16.8. The molecule has 2 aromatic carbocycles. The zero-order chi connectivity index (χ0) is 17.4. The Balaban J connectivity index is 0.00000225. The fraction of sp³-hybridized carbons (Fsp3) is 0.318. The van der Waals surface area contributed by atoms with Crippen LogP contribution in [0.3, 0.4) is 0 Å². The molecule has 0 atom stereocenters. The Kier molecular flexibility index (Phi) is 5.74. The molecule has 0 spiro atoms. The Bertz CT molecular complexity index is 883. The van der Waals surface area contributed by atoms with Gasteiger partial charge in [-0.05, 0) is 49.9 Å². The fourth-order valence-electron chi connectivity index (χ4n) is 3.60.